The molecule has 2 amide bonds. The second-order valence-corrected chi connectivity index (χ2v) is 9.90. The minimum atomic E-state index is -3.66. The monoisotopic (exact) mass is 470 g/mol. The van der Waals surface area contributed by atoms with Crippen LogP contribution in [0, 0.1) is 6.92 Å². The van der Waals surface area contributed by atoms with Crippen LogP contribution in [0.2, 0.25) is 0 Å². The number of ether oxygens (including phenoxy) is 1. The molecule has 9 nitrogen and oxygen atoms in total. The molecule has 0 bridgehead atoms. The van der Waals surface area contributed by atoms with Crippen LogP contribution in [-0.4, -0.2) is 68.4 Å². The van der Waals surface area contributed by atoms with Gasteiger partial charge < -0.3 is 9.64 Å². The molecular formula is C23H26N4O5S. The number of benzene rings is 2. The quantitative estimate of drug-likeness (QED) is 0.666. The van der Waals surface area contributed by atoms with Gasteiger partial charge in [0.1, 0.15) is 11.5 Å². The van der Waals surface area contributed by atoms with Crippen LogP contribution >= 0.6 is 0 Å². The largest absolute Gasteiger partial charge is 0.497 e. The zero-order chi connectivity index (χ0) is 23.6. The number of hydrazone groups is 1. The lowest BCUT2D eigenvalue weighted by atomic mass is 10.1. The maximum absolute atomic E-state index is 13.1. The van der Waals surface area contributed by atoms with Crippen LogP contribution in [0.4, 0.5) is 5.69 Å². The predicted octanol–water partition coefficient (Wildman–Crippen LogP) is 2.02. The van der Waals surface area contributed by atoms with Crippen molar-refractivity contribution in [1.82, 2.24) is 9.21 Å². The van der Waals surface area contributed by atoms with Crippen LogP contribution < -0.4 is 9.75 Å². The highest BCUT2D eigenvalue weighted by Crippen LogP contribution is 2.23. The molecule has 0 radical (unpaired) electrons. The van der Waals surface area contributed by atoms with Gasteiger partial charge in [-0.15, -0.1) is 0 Å². The van der Waals surface area contributed by atoms with Gasteiger partial charge in [-0.2, -0.15) is 9.41 Å². The summed E-state index contributed by atoms with van der Waals surface area (Å²) < 4.78 is 32.3. The van der Waals surface area contributed by atoms with E-state index in [0.29, 0.717) is 17.1 Å². The fraction of sp³-hybridized carbons (Fsp3) is 0.348. The van der Waals surface area contributed by atoms with E-state index in [4.69, 9.17) is 4.74 Å². The Balaban J connectivity index is 1.43. The third-order valence-corrected chi connectivity index (χ3v) is 7.69. The molecule has 0 unspecified atom stereocenters. The van der Waals surface area contributed by atoms with Gasteiger partial charge in [-0.3, -0.25) is 9.59 Å². The van der Waals surface area contributed by atoms with Crippen molar-refractivity contribution in [3.63, 3.8) is 0 Å². The van der Waals surface area contributed by atoms with E-state index in [9.17, 15) is 18.0 Å². The zero-order valence-electron chi connectivity index (χ0n) is 18.6. The van der Waals surface area contributed by atoms with E-state index in [1.165, 1.54) is 28.6 Å². The number of methoxy groups -OCH3 is 1. The third-order valence-electron chi connectivity index (χ3n) is 5.78. The molecule has 1 fully saturated rings. The molecule has 2 heterocycles. The Hall–Kier alpha value is -3.24. The van der Waals surface area contributed by atoms with Crippen LogP contribution in [-0.2, 0) is 19.6 Å². The van der Waals surface area contributed by atoms with Gasteiger partial charge in [0.25, 0.3) is 5.91 Å². The first kappa shape index (κ1) is 22.9. The Morgan fingerprint density at radius 1 is 0.939 bits per heavy atom. The van der Waals surface area contributed by atoms with Crippen LogP contribution in [0.5, 0.6) is 5.75 Å². The van der Waals surface area contributed by atoms with E-state index in [2.05, 4.69) is 5.10 Å². The molecule has 0 aromatic heterocycles. The highest BCUT2D eigenvalue weighted by Gasteiger charge is 2.33. The van der Waals surface area contributed by atoms with Crippen LogP contribution in [0.15, 0.2) is 58.5 Å². The summed E-state index contributed by atoms with van der Waals surface area (Å²) in [7, 11) is -2.14. The van der Waals surface area contributed by atoms with Crippen LogP contribution in [0.25, 0.3) is 0 Å². The summed E-state index contributed by atoms with van der Waals surface area (Å²) in [6.45, 7) is 2.84. The number of sulfonamides is 1. The van der Waals surface area contributed by atoms with Crippen molar-refractivity contribution in [2.45, 2.75) is 24.7 Å². The number of amides is 2. The molecule has 0 saturated carbocycles. The smallest absolute Gasteiger partial charge is 0.270 e. The fourth-order valence-electron chi connectivity index (χ4n) is 3.81. The molecule has 2 aromatic rings. The SMILES string of the molecule is COc1ccc(S(=O)(=O)N2CCN(C(=O)C3=NN(c4ccc(C)cc4)C(=O)CC3)CC2)cc1. The minimum Gasteiger partial charge on any atom is -0.497 e. The first-order valence-corrected chi connectivity index (χ1v) is 12.1. The Morgan fingerprint density at radius 2 is 1.58 bits per heavy atom. The number of piperazine rings is 1. The van der Waals surface area contributed by atoms with E-state index in [0.717, 1.165) is 5.56 Å². The summed E-state index contributed by atoms with van der Waals surface area (Å²) in [5, 5.41) is 5.61. The second kappa shape index (κ2) is 9.32. The lowest BCUT2D eigenvalue weighted by molar-refractivity contribution is -0.125. The average molecular weight is 471 g/mol. The van der Waals surface area contributed by atoms with Gasteiger partial charge in [-0.25, -0.2) is 13.4 Å². The van der Waals surface area contributed by atoms with Crippen molar-refractivity contribution in [2.24, 2.45) is 5.10 Å². The van der Waals surface area contributed by atoms with Gasteiger partial charge >= 0.3 is 0 Å². The molecule has 0 N–H and O–H groups in total. The highest BCUT2D eigenvalue weighted by molar-refractivity contribution is 7.89. The van der Waals surface area contributed by atoms with E-state index in [1.807, 2.05) is 19.1 Å². The first-order chi connectivity index (χ1) is 15.8. The van der Waals surface area contributed by atoms with E-state index in [1.54, 1.807) is 29.2 Å². The maximum atomic E-state index is 13.1. The van der Waals surface area contributed by atoms with Crippen molar-refractivity contribution in [1.29, 1.82) is 0 Å². The predicted molar refractivity (Wildman–Crippen MR) is 124 cm³/mol. The fourth-order valence-corrected chi connectivity index (χ4v) is 5.23. The molecule has 2 aliphatic rings. The number of carbonyl (C=O) groups is 2. The van der Waals surface area contributed by atoms with Crippen LogP contribution in [0.1, 0.15) is 18.4 Å². The van der Waals surface area contributed by atoms with Crippen LogP contribution in [0.3, 0.4) is 0 Å². The summed E-state index contributed by atoms with van der Waals surface area (Å²) in [6, 6.07) is 13.6. The normalized spacial score (nSPS) is 17.6. The van der Waals surface area contributed by atoms with Gasteiger partial charge in [-0.05, 0) is 43.3 Å². The molecule has 0 aliphatic carbocycles. The van der Waals surface area contributed by atoms with Gasteiger partial charge in [0.2, 0.25) is 15.9 Å². The topological polar surface area (TPSA) is 99.6 Å². The molecule has 4 rings (SSSR count). The van der Waals surface area contributed by atoms with E-state index >= 15 is 0 Å². The number of rotatable bonds is 5. The van der Waals surface area contributed by atoms with Crippen molar-refractivity contribution in [2.75, 3.05) is 38.3 Å². The summed E-state index contributed by atoms with van der Waals surface area (Å²) in [6.07, 6.45) is 0.467. The molecular weight excluding hydrogens is 444 g/mol. The summed E-state index contributed by atoms with van der Waals surface area (Å²) >= 11 is 0. The minimum absolute atomic E-state index is 0.161. The molecule has 2 aromatic carbocycles. The van der Waals surface area contributed by atoms with E-state index < -0.39 is 10.0 Å². The Kier molecular flexibility index (Phi) is 6.48. The molecule has 2 aliphatic heterocycles. The average Bonchev–Trinajstić information content (AvgIpc) is 2.84. The standard InChI is InChI=1S/C23H26N4O5S/c1-17-3-5-18(6-4-17)27-22(28)12-11-21(24-27)23(29)25-13-15-26(16-14-25)33(30,31)20-9-7-19(32-2)8-10-20/h3-10H,11-16H2,1-2H3. The third kappa shape index (κ3) is 4.76. The molecule has 33 heavy (non-hydrogen) atoms. The second-order valence-electron chi connectivity index (χ2n) is 7.96. The number of hydrogen-bond acceptors (Lipinski definition) is 6. The van der Waals surface area contributed by atoms with E-state index in [-0.39, 0.29) is 55.7 Å². The number of nitrogens with zero attached hydrogens (tertiary/aromatic N) is 4. The van der Waals surface area contributed by atoms with Crippen molar-refractivity contribution in [3.8, 4) is 5.75 Å². The Morgan fingerprint density at radius 3 is 2.18 bits per heavy atom. The van der Waals surface area contributed by atoms with Crippen molar-refractivity contribution < 1.29 is 22.7 Å². The Bertz CT molecular complexity index is 1170. The summed E-state index contributed by atoms with van der Waals surface area (Å²) in [5.74, 6) is 0.155. The number of aryl methyl sites for hydroxylation is 1. The van der Waals surface area contributed by atoms with Gasteiger partial charge in [0, 0.05) is 39.0 Å². The molecule has 174 valence electrons. The van der Waals surface area contributed by atoms with Crippen molar-refractivity contribution >= 4 is 33.2 Å². The molecule has 10 heteroatoms. The highest BCUT2D eigenvalue weighted by atomic mass is 32.2. The van der Waals surface area contributed by atoms with Gasteiger partial charge in [-0.1, -0.05) is 17.7 Å². The number of hydrogen-bond donors (Lipinski definition) is 0. The summed E-state index contributed by atoms with van der Waals surface area (Å²) in [4.78, 5) is 27.2. The molecule has 1 saturated heterocycles. The number of anilines is 1. The molecule has 0 spiro atoms. The number of carbonyl (C=O) groups excluding carboxylic acids is 2. The molecule has 0 atom stereocenters. The lowest BCUT2D eigenvalue weighted by Crippen LogP contribution is -2.52. The Labute approximate surface area is 193 Å². The first-order valence-electron chi connectivity index (χ1n) is 10.7. The summed E-state index contributed by atoms with van der Waals surface area (Å²) in [5.41, 5.74) is 1.98. The lowest BCUT2D eigenvalue weighted by Gasteiger charge is -2.35. The van der Waals surface area contributed by atoms with Crippen molar-refractivity contribution in [3.05, 3.63) is 54.1 Å². The van der Waals surface area contributed by atoms with Gasteiger partial charge in [0.05, 0.1) is 17.7 Å². The zero-order valence-corrected chi connectivity index (χ0v) is 19.4. The van der Waals surface area contributed by atoms with Gasteiger partial charge in [0.15, 0.2) is 0 Å². The maximum Gasteiger partial charge on any atom is 0.270 e.